The number of carbonyl (C=O) groups is 2. The van der Waals surface area contributed by atoms with Crippen LogP contribution in [-0.2, 0) is 9.53 Å². The molecule has 28 heavy (non-hydrogen) atoms. The lowest BCUT2D eigenvalue weighted by atomic mass is 9.54. The highest BCUT2D eigenvalue weighted by Gasteiger charge is 2.62. The first-order chi connectivity index (χ1) is 13.2. The summed E-state index contributed by atoms with van der Waals surface area (Å²) in [6, 6.07) is 7.37. The monoisotopic (exact) mass is 387 g/mol. The molecule has 3 rings (SSSR count). The van der Waals surface area contributed by atoms with E-state index >= 15 is 0 Å². The van der Waals surface area contributed by atoms with Gasteiger partial charge in [0, 0.05) is 42.3 Å². The maximum atomic E-state index is 12.8. The molecular weight excluding hydrogens is 354 g/mol. The van der Waals surface area contributed by atoms with Gasteiger partial charge in [0.05, 0.1) is 6.10 Å². The Bertz CT molecular complexity index is 731. The number of likely N-dealkylation sites (tertiary alicyclic amines) is 1. The highest BCUT2D eigenvalue weighted by molar-refractivity contribution is 6.00. The Morgan fingerprint density at radius 1 is 1.25 bits per heavy atom. The molecule has 3 N–H and O–H groups in total. The Labute approximate surface area is 167 Å². The summed E-state index contributed by atoms with van der Waals surface area (Å²) in [6.45, 7) is 9.40. The van der Waals surface area contributed by atoms with Crippen LogP contribution in [-0.4, -0.2) is 47.6 Å². The van der Waals surface area contributed by atoms with Crippen LogP contribution < -0.4 is 11.1 Å². The van der Waals surface area contributed by atoms with E-state index in [1.807, 2.05) is 25.7 Å². The molecule has 0 aromatic heterocycles. The van der Waals surface area contributed by atoms with Crippen molar-refractivity contribution in [3.63, 3.8) is 0 Å². The van der Waals surface area contributed by atoms with Gasteiger partial charge in [0.25, 0.3) is 5.91 Å². The van der Waals surface area contributed by atoms with Crippen LogP contribution in [0.25, 0.3) is 0 Å². The minimum Gasteiger partial charge on any atom is -0.378 e. The van der Waals surface area contributed by atoms with E-state index in [9.17, 15) is 9.59 Å². The van der Waals surface area contributed by atoms with Gasteiger partial charge in [-0.1, -0.05) is 13.8 Å². The van der Waals surface area contributed by atoms with Crippen molar-refractivity contribution in [1.82, 2.24) is 4.90 Å². The largest absolute Gasteiger partial charge is 0.378 e. The summed E-state index contributed by atoms with van der Waals surface area (Å²) >= 11 is 0. The fraction of sp³-hybridized carbons (Fsp3) is 0.636. The Kier molecular flexibility index (Phi) is 5.82. The smallest absolute Gasteiger partial charge is 0.254 e. The highest BCUT2D eigenvalue weighted by atomic mass is 16.5. The van der Waals surface area contributed by atoms with Crippen molar-refractivity contribution in [2.75, 3.05) is 18.5 Å². The molecule has 1 heterocycles. The first-order valence-corrected chi connectivity index (χ1v) is 10.3. The van der Waals surface area contributed by atoms with Gasteiger partial charge in [-0.2, -0.15) is 0 Å². The van der Waals surface area contributed by atoms with Crippen LogP contribution in [0, 0.1) is 5.41 Å². The fourth-order valence-corrected chi connectivity index (χ4v) is 4.32. The Morgan fingerprint density at radius 2 is 1.93 bits per heavy atom. The number of hydrogen-bond acceptors (Lipinski definition) is 4. The van der Waals surface area contributed by atoms with E-state index in [4.69, 9.17) is 10.5 Å². The zero-order chi connectivity index (χ0) is 20.5. The topological polar surface area (TPSA) is 84.7 Å². The molecule has 1 aromatic carbocycles. The van der Waals surface area contributed by atoms with Crippen molar-refractivity contribution < 1.29 is 14.3 Å². The van der Waals surface area contributed by atoms with Gasteiger partial charge in [0.1, 0.15) is 5.54 Å². The van der Waals surface area contributed by atoms with Gasteiger partial charge >= 0.3 is 0 Å². The summed E-state index contributed by atoms with van der Waals surface area (Å²) in [4.78, 5) is 27.5. The van der Waals surface area contributed by atoms with E-state index in [2.05, 4.69) is 12.2 Å². The number of benzene rings is 1. The van der Waals surface area contributed by atoms with Crippen LogP contribution in [0.4, 0.5) is 5.69 Å². The van der Waals surface area contributed by atoms with Gasteiger partial charge in [0.15, 0.2) is 0 Å². The van der Waals surface area contributed by atoms with Crippen molar-refractivity contribution in [3.8, 4) is 0 Å². The molecule has 3 atom stereocenters. The van der Waals surface area contributed by atoms with Crippen LogP contribution in [0.3, 0.4) is 0 Å². The third kappa shape index (κ3) is 3.55. The van der Waals surface area contributed by atoms with Crippen LogP contribution in [0.5, 0.6) is 0 Å². The number of ether oxygens (including phenoxy) is 1. The van der Waals surface area contributed by atoms with E-state index in [-0.39, 0.29) is 24.0 Å². The Hall–Kier alpha value is -1.92. The quantitative estimate of drug-likeness (QED) is 0.813. The first kappa shape index (κ1) is 20.8. The SMILES string of the molecule is CCOC1CC(N)(C(=O)Nc2ccc(C(=O)N3CCCCC3C)cc2)C1(C)C. The molecule has 1 saturated heterocycles. The van der Waals surface area contributed by atoms with E-state index in [0.717, 1.165) is 19.4 Å². The lowest BCUT2D eigenvalue weighted by Crippen LogP contribution is -2.74. The number of nitrogens with two attached hydrogens (primary N) is 1. The summed E-state index contributed by atoms with van der Waals surface area (Å²) in [5.74, 6) is -0.155. The third-order valence-corrected chi connectivity index (χ3v) is 6.69. The number of amides is 2. The molecule has 0 bridgehead atoms. The average Bonchev–Trinajstić information content (AvgIpc) is 2.68. The number of anilines is 1. The summed E-state index contributed by atoms with van der Waals surface area (Å²) in [7, 11) is 0. The van der Waals surface area contributed by atoms with Gasteiger partial charge in [-0.25, -0.2) is 0 Å². The molecule has 2 aliphatic rings. The van der Waals surface area contributed by atoms with Crippen molar-refractivity contribution in [2.24, 2.45) is 11.1 Å². The van der Waals surface area contributed by atoms with Crippen molar-refractivity contribution in [2.45, 2.75) is 71.1 Å². The molecule has 6 heteroatoms. The molecule has 3 unspecified atom stereocenters. The summed E-state index contributed by atoms with van der Waals surface area (Å²) in [5.41, 5.74) is 6.32. The van der Waals surface area contributed by atoms with E-state index in [0.29, 0.717) is 24.3 Å². The number of nitrogens with zero attached hydrogens (tertiary/aromatic N) is 1. The predicted octanol–water partition coefficient (Wildman–Crippen LogP) is 3.17. The summed E-state index contributed by atoms with van der Waals surface area (Å²) in [5, 5.41) is 2.91. The zero-order valence-electron chi connectivity index (χ0n) is 17.5. The fourth-order valence-electron chi connectivity index (χ4n) is 4.32. The zero-order valence-corrected chi connectivity index (χ0v) is 17.5. The molecule has 1 aliphatic carbocycles. The molecule has 1 aromatic rings. The van der Waals surface area contributed by atoms with Crippen molar-refractivity contribution in [3.05, 3.63) is 29.8 Å². The molecule has 2 amide bonds. The Balaban J connectivity index is 1.64. The minimum atomic E-state index is -0.968. The van der Waals surface area contributed by atoms with E-state index < -0.39 is 11.0 Å². The van der Waals surface area contributed by atoms with Gasteiger partial charge in [-0.15, -0.1) is 0 Å². The molecule has 2 fully saturated rings. The van der Waals surface area contributed by atoms with Gasteiger partial charge < -0.3 is 20.7 Å². The van der Waals surface area contributed by atoms with E-state index in [1.165, 1.54) is 6.42 Å². The molecule has 0 spiro atoms. The minimum absolute atomic E-state index is 0.0141. The standard InChI is InChI=1S/C22H33N3O3/c1-5-28-18-14-22(23,21(18,3)4)20(27)24-17-11-9-16(10-12-17)19(26)25-13-7-6-8-15(25)2/h9-12,15,18H,5-8,13-14,23H2,1-4H3,(H,24,27). The predicted molar refractivity (Wildman–Crippen MR) is 110 cm³/mol. The number of rotatable bonds is 5. The number of carbonyl (C=O) groups excluding carboxylic acids is 2. The second kappa shape index (κ2) is 7.84. The van der Waals surface area contributed by atoms with Crippen LogP contribution >= 0.6 is 0 Å². The lowest BCUT2D eigenvalue weighted by molar-refractivity contribution is -0.166. The second-order valence-electron chi connectivity index (χ2n) is 8.72. The molecule has 1 saturated carbocycles. The summed E-state index contributed by atoms with van der Waals surface area (Å²) in [6.07, 6.45) is 3.78. The summed E-state index contributed by atoms with van der Waals surface area (Å²) < 4.78 is 5.70. The number of piperidine rings is 1. The maximum Gasteiger partial charge on any atom is 0.254 e. The van der Waals surface area contributed by atoms with Crippen molar-refractivity contribution in [1.29, 1.82) is 0 Å². The highest BCUT2D eigenvalue weighted by Crippen LogP contribution is 2.50. The maximum absolute atomic E-state index is 12.8. The molecule has 0 radical (unpaired) electrons. The van der Waals surface area contributed by atoms with Crippen molar-refractivity contribution >= 4 is 17.5 Å². The van der Waals surface area contributed by atoms with Crippen LogP contribution in [0.2, 0.25) is 0 Å². The molecule has 1 aliphatic heterocycles. The van der Waals surface area contributed by atoms with Gasteiger partial charge in [-0.3, -0.25) is 9.59 Å². The van der Waals surface area contributed by atoms with Crippen LogP contribution in [0.15, 0.2) is 24.3 Å². The van der Waals surface area contributed by atoms with E-state index in [1.54, 1.807) is 24.3 Å². The average molecular weight is 388 g/mol. The Morgan fingerprint density at radius 3 is 2.50 bits per heavy atom. The normalized spacial score (nSPS) is 29.1. The second-order valence-corrected chi connectivity index (χ2v) is 8.72. The molecular formula is C22H33N3O3. The number of hydrogen-bond donors (Lipinski definition) is 2. The molecule has 6 nitrogen and oxygen atoms in total. The third-order valence-electron chi connectivity index (χ3n) is 6.69. The van der Waals surface area contributed by atoms with Gasteiger partial charge in [0.2, 0.25) is 5.91 Å². The first-order valence-electron chi connectivity index (χ1n) is 10.3. The lowest BCUT2D eigenvalue weighted by Gasteiger charge is -2.57. The van der Waals surface area contributed by atoms with Crippen LogP contribution in [0.1, 0.15) is 63.7 Å². The van der Waals surface area contributed by atoms with Gasteiger partial charge in [-0.05, 0) is 57.4 Å². The molecule has 154 valence electrons. The number of nitrogens with one attached hydrogen (secondary N) is 1.